The van der Waals surface area contributed by atoms with Crippen molar-refractivity contribution in [1.29, 1.82) is 0 Å². The zero-order valence-electron chi connectivity index (χ0n) is 11.7. The van der Waals surface area contributed by atoms with E-state index in [1.165, 1.54) is 0 Å². The number of ether oxygens (including phenoxy) is 1. The van der Waals surface area contributed by atoms with Crippen LogP contribution in [0, 0.1) is 0 Å². The van der Waals surface area contributed by atoms with Crippen LogP contribution in [0.1, 0.15) is 18.9 Å². The van der Waals surface area contributed by atoms with Crippen molar-refractivity contribution in [2.24, 2.45) is 10.8 Å². The lowest BCUT2D eigenvalue weighted by molar-refractivity contribution is 0.249. The van der Waals surface area contributed by atoms with Crippen LogP contribution in [0.15, 0.2) is 59.7 Å². The molecule has 0 saturated heterocycles. The number of nitrogens with zero attached hydrogens (tertiary/aromatic N) is 1. The van der Waals surface area contributed by atoms with Crippen LogP contribution in [-0.4, -0.2) is 11.7 Å². The first-order valence-electron chi connectivity index (χ1n) is 6.64. The van der Waals surface area contributed by atoms with Crippen LogP contribution in [-0.2, 0) is 0 Å². The molecule has 2 aromatic carbocycles. The summed E-state index contributed by atoms with van der Waals surface area (Å²) in [7, 11) is 0. The first kappa shape index (κ1) is 14.6. The zero-order chi connectivity index (χ0) is 15.1. The Bertz CT molecular complexity index is 622. The Balaban J connectivity index is 2.10. The van der Waals surface area contributed by atoms with Crippen molar-refractivity contribution in [3.8, 4) is 11.5 Å². The molecule has 2 amide bonds. The predicted octanol–water partition coefficient (Wildman–Crippen LogP) is 3.26. The first-order chi connectivity index (χ1) is 10.2. The van der Waals surface area contributed by atoms with E-state index in [0.29, 0.717) is 6.42 Å². The molecule has 0 aliphatic rings. The van der Waals surface area contributed by atoms with E-state index in [2.05, 4.69) is 10.5 Å². The molecule has 0 radical (unpaired) electrons. The van der Waals surface area contributed by atoms with Gasteiger partial charge in [0.2, 0.25) is 0 Å². The zero-order valence-corrected chi connectivity index (χ0v) is 11.7. The molecule has 0 saturated carbocycles. The van der Waals surface area contributed by atoms with Gasteiger partial charge in [-0.2, -0.15) is 5.10 Å². The molecule has 0 heterocycles. The third-order valence-electron chi connectivity index (χ3n) is 2.80. The highest BCUT2D eigenvalue weighted by molar-refractivity contribution is 6.00. The lowest BCUT2D eigenvalue weighted by Crippen LogP contribution is -2.25. The highest BCUT2D eigenvalue weighted by Gasteiger charge is 2.03. The van der Waals surface area contributed by atoms with Gasteiger partial charge in [0.1, 0.15) is 11.5 Å². The first-order valence-corrected chi connectivity index (χ1v) is 6.64. The average molecular weight is 283 g/mol. The van der Waals surface area contributed by atoms with Crippen LogP contribution in [0.2, 0.25) is 0 Å². The summed E-state index contributed by atoms with van der Waals surface area (Å²) >= 11 is 0. The Kier molecular flexibility index (Phi) is 4.93. The molecule has 2 rings (SSSR count). The second kappa shape index (κ2) is 7.09. The van der Waals surface area contributed by atoms with Crippen LogP contribution in [0.3, 0.4) is 0 Å². The van der Waals surface area contributed by atoms with E-state index in [9.17, 15) is 4.79 Å². The summed E-state index contributed by atoms with van der Waals surface area (Å²) in [6, 6.07) is 16.4. The summed E-state index contributed by atoms with van der Waals surface area (Å²) in [6.07, 6.45) is 0.680. The van der Waals surface area contributed by atoms with E-state index in [-0.39, 0.29) is 0 Å². The third-order valence-corrected chi connectivity index (χ3v) is 2.80. The van der Waals surface area contributed by atoms with Crippen molar-refractivity contribution in [2.75, 3.05) is 0 Å². The molecule has 108 valence electrons. The number of benzene rings is 2. The fraction of sp³-hybridized carbons (Fsp3) is 0.125. The Morgan fingerprint density at radius 1 is 1.10 bits per heavy atom. The number of rotatable bonds is 5. The predicted molar refractivity (Wildman–Crippen MR) is 82.5 cm³/mol. The highest BCUT2D eigenvalue weighted by Crippen LogP contribution is 2.21. The van der Waals surface area contributed by atoms with Gasteiger partial charge in [-0.15, -0.1) is 0 Å². The maximum atomic E-state index is 10.7. The summed E-state index contributed by atoms with van der Waals surface area (Å²) in [5.41, 5.74) is 8.91. The van der Waals surface area contributed by atoms with Gasteiger partial charge >= 0.3 is 6.03 Å². The number of urea groups is 1. The van der Waals surface area contributed by atoms with E-state index in [4.69, 9.17) is 10.5 Å². The van der Waals surface area contributed by atoms with Crippen molar-refractivity contribution in [2.45, 2.75) is 13.3 Å². The van der Waals surface area contributed by atoms with Crippen molar-refractivity contribution in [3.63, 3.8) is 0 Å². The minimum Gasteiger partial charge on any atom is -0.457 e. The Morgan fingerprint density at radius 3 is 2.29 bits per heavy atom. The smallest absolute Gasteiger partial charge is 0.332 e. The van der Waals surface area contributed by atoms with Crippen molar-refractivity contribution < 1.29 is 9.53 Å². The summed E-state index contributed by atoms with van der Waals surface area (Å²) in [4.78, 5) is 10.7. The summed E-state index contributed by atoms with van der Waals surface area (Å²) in [6.45, 7) is 1.95. The number of nitrogens with one attached hydrogen (secondary N) is 1. The molecule has 2 aromatic rings. The summed E-state index contributed by atoms with van der Waals surface area (Å²) in [5.74, 6) is 1.52. The Morgan fingerprint density at radius 2 is 1.71 bits per heavy atom. The van der Waals surface area contributed by atoms with E-state index in [0.717, 1.165) is 22.8 Å². The second-order valence-electron chi connectivity index (χ2n) is 4.33. The number of carbonyl (C=O) groups excluding carboxylic acids is 1. The number of amides is 2. The SMILES string of the molecule is CC/C(=N\NC(N)=O)c1ccc(Oc2ccccc2)cc1. The minimum absolute atomic E-state index is 0.676. The molecule has 0 fully saturated rings. The van der Waals surface area contributed by atoms with Crippen molar-refractivity contribution in [1.82, 2.24) is 5.43 Å². The van der Waals surface area contributed by atoms with Gasteiger partial charge in [-0.3, -0.25) is 0 Å². The van der Waals surface area contributed by atoms with Crippen LogP contribution >= 0.6 is 0 Å². The maximum Gasteiger partial charge on any atom is 0.332 e. The molecule has 3 N–H and O–H groups in total. The molecule has 0 atom stereocenters. The van der Waals surface area contributed by atoms with Crippen LogP contribution in [0.4, 0.5) is 4.79 Å². The molecule has 0 aliphatic carbocycles. The molecule has 0 spiro atoms. The van der Waals surface area contributed by atoms with Crippen LogP contribution in [0.5, 0.6) is 11.5 Å². The van der Waals surface area contributed by atoms with Gasteiger partial charge < -0.3 is 10.5 Å². The molecule has 5 heteroatoms. The number of nitrogens with two attached hydrogens (primary N) is 1. The maximum absolute atomic E-state index is 10.7. The molecule has 0 unspecified atom stereocenters. The molecular weight excluding hydrogens is 266 g/mol. The van der Waals surface area contributed by atoms with Gasteiger partial charge in [-0.25, -0.2) is 10.2 Å². The fourth-order valence-electron chi connectivity index (χ4n) is 1.81. The van der Waals surface area contributed by atoms with Crippen molar-refractivity contribution >= 4 is 11.7 Å². The number of hydrogen-bond donors (Lipinski definition) is 2. The van der Waals surface area contributed by atoms with Gasteiger partial charge in [-0.05, 0) is 48.4 Å². The Labute approximate surface area is 123 Å². The van der Waals surface area contributed by atoms with E-state index in [1.54, 1.807) is 0 Å². The topological polar surface area (TPSA) is 76.7 Å². The van der Waals surface area contributed by atoms with Gasteiger partial charge in [-0.1, -0.05) is 25.1 Å². The average Bonchev–Trinajstić information content (AvgIpc) is 2.50. The standard InChI is InChI=1S/C16H17N3O2/c1-2-15(18-19-16(17)20)12-8-10-14(11-9-12)21-13-6-4-3-5-7-13/h3-11H,2H2,1H3,(H3,17,19,20)/b18-15+. The van der Waals surface area contributed by atoms with E-state index in [1.807, 2.05) is 61.5 Å². The molecule has 21 heavy (non-hydrogen) atoms. The van der Waals surface area contributed by atoms with Crippen molar-refractivity contribution in [3.05, 3.63) is 60.2 Å². The quantitative estimate of drug-likeness (QED) is 0.652. The lowest BCUT2D eigenvalue weighted by Gasteiger charge is -2.07. The number of hydrazone groups is 1. The lowest BCUT2D eigenvalue weighted by atomic mass is 10.1. The Hall–Kier alpha value is -2.82. The minimum atomic E-state index is -0.676. The van der Waals surface area contributed by atoms with Gasteiger partial charge in [0.05, 0.1) is 5.71 Å². The summed E-state index contributed by atoms with van der Waals surface area (Å²) in [5, 5.41) is 3.98. The fourth-order valence-corrected chi connectivity index (χ4v) is 1.81. The van der Waals surface area contributed by atoms with Crippen LogP contribution in [0.25, 0.3) is 0 Å². The molecule has 5 nitrogen and oxygen atoms in total. The third kappa shape index (κ3) is 4.35. The number of primary amides is 1. The van der Waals surface area contributed by atoms with E-state index < -0.39 is 6.03 Å². The molecule has 0 bridgehead atoms. The monoisotopic (exact) mass is 283 g/mol. The second-order valence-corrected chi connectivity index (χ2v) is 4.33. The number of para-hydroxylation sites is 1. The van der Waals surface area contributed by atoms with Crippen LogP contribution < -0.4 is 15.9 Å². The van der Waals surface area contributed by atoms with Gasteiger partial charge in [0, 0.05) is 0 Å². The highest BCUT2D eigenvalue weighted by atomic mass is 16.5. The summed E-state index contributed by atoms with van der Waals surface area (Å²) < 4.78 is 5.72. The molecule has 0 aromatic heterocycles. The van der Waals surface area contributed by atoms with Gasteiger partial charge in [0.15, 0.2) is 0 Å². The normalized spacial score (nSPS) is 11.0. The molecule has 0 aliphatic heterocycles. The van der Waals surface area contributed by atoms with E-state index >= 15 is 0 Å². The van der Waals surface area contributed by atoms with Gasteiger partial charge in [0.25, 0.3) is 0 Å². The number of carbonyl (C=O) groups is 1. The largest absolute Gasteiger partial charge is 0.457 e. The number of hydrogen-bond acceptors (Lipinski definition) is 3. The molecular formula is C16H17N3O2.